The molecule has 2 aromatic heterocycles. The van der Waals surface area contributed by atoms with E-state index in [0.29, 0.717) is 29.0 Å². The van der Waals surface area contributed by atoms with Gasteiger partial charge in [-0.25, -0.2) is 9.50 Å². The molecular formula is C20H28N4O. The van der Waals surface area contributed by atoms with Crippen molar-refractivity contribution < 1.29 is 4.79 Å². The molecule has 5 nitrogen and oxygen atoms in total. The first kappa shape index (κ1) is 16.6. The van der Waals surface area contributed by atoms with Crippen LogP contribution in [-0.2, 0) is 12.8 Å². The molecule has 4 rings (SSSR count). The van der Waals surface area contributed by atoms with E-state index in [9.17, 15) is 4.79 Å². The van der Waals surface area contributed by atoms with Gasteiger partial charge in [0.15, 0.2) is 5.65 Å². The van der Waals surface area contributed by atoms with Crippen molar-refractivity contribution in [2.24, 2.45) is 17.8 Å². The van der Waals surface area contributed by atoms with Crippen LogP contribution in [0.3, 0.4) is 0 Å². The van der Waals surface area contributed by atoms with Crippen LogP contribution in [0.2, 0.25) is 0 Å². The Kier molecular flexibility index (Phi) is 4.26. The van der Waals surface area contributed by atoms with Crippen molar-refractivity contribution in [3.05, 3.63) is 29.2 Å². The number of nitrogens with zero attached hydrogens (tertiary/aromatic N) is 3. The second-order valence-corrected chi connectivity index (χ2v) is 8.22. The Hall–Kier alpha value is -1.91. The summed E-state index contributed by atoms with van der Waals surface area (Å²) < 4.78 is 1.89. The van der Waals surface area contributed by atoms with Gasteiger partial charge in [0.05, 0.1) is 6.20 Å². The zero-order valence-electron chi connectivity index (χ0n) is 15.5. The van der Waals surface area contributed by atoms with E-state index >= 15 is 0 Å². The number of aryl methyl sites for hydroxylation is 1. The van der Waals surface area contributed by atoms with Gasteiger partial charge in [0.25, 0.3) is 5.91 Å². The van der Waals surface area contributed by atoms with Gasteiger partial charge in [0.2, 0.25) is 0 Å². The van der Waals surface area contributed by atoms with Crippen LogP contribution in [0.1, 0.15) is 68.1 Å². The lowest BCUT2D eigenvalue weighted by molar-refractivity contribution is 0.0892. The van der Waals surface area contributed by atoms with Gasteiger partial charge in [-0.15, -0.1) is 0 Å². The number of rotatable bonds is 2. The van der Waals surface area contributed by atoms with E-state index in [0.717, 1.165) is 19.3 Å². The van der Waals surface area contributed by atoms with Gasteiger partial charge in [-0.3, -0.25) is 4.79 Å². The van der Waals surface area contributed by atoms with E-state index in [1.54, 1.807) is 6.20 Å². The molecule has 0 aromatic carbocycles. The van der Waals surface area contributed by atoms with Gasteiger partial charge in [-0.2, -0.15) is 5.10 Å². The molecule has 2 heterocycles. The molecule has 0 bridgehead atoms. The molecule has 25 heavy (non-hydrogen) atoms. The summed E-state index contributed by atoms with van der Waals surface area (Å²) in [5.41, 5.74) is 3.80. The maximum atomic E-state index is 12.9. The Morgan fingerprint density at radius 3 is 2.88 bits per heavy atom. The second-order valence-electron chi connectivity index (χ2n) is 8.22. The number of hydrogen-bond acceptors (Lipinski definition) is 3. The van der Waals surface area contributed by atoms with E-state index in [1.165, 1.54) is 30.5 Å². The monoisotopic (exact) mass is 340 g/mol. The average Bonchev–Trinajstić information content (AvgIpc) is 3.03. The summed E-state index contributed by atoms with van der Waals surface area (Å²) in [6, 6.07) is 0.254. The van der Waals surface area contributed by atoms with Gasteiger partial charge >= 0.3 is 0 Å². The van der Waals surface area contributed by atoms with Crippen LogP contribution in [0, 0.1) is 17.8 Å². The summed E-state index contributed by atoms with van der Waals surface area (Å²) in [7, 11) is 0. The Balaban J connectivity index is 1.60. The fourth-order valence-electron chi connectivity index (χ4n) is 4.50. The Morgan fingerprint density at radius 2 is 2.04 bits per heavy atom. The Morgan fingerprint density at radius 1 is 1.20 bits per heavy atom. The molecule has 1 amide bonds. The lowest BCUT2D eigenvalue weighted by Crippen LogP contribution is -2.43. The van der Waals surface area contributed by atoms with Crippen LogP contribution in [0.25, 0.3) is 5.65 Å². The number of carbonyl (C=O) groups excluding carboxylic acids is 1. The van der Waals surface area contributed by atoms with Crippen LogP contribution in [0.5, 0.6) is 0 Å². The first-order chi connectivity index (χ1) is 12.0. The highest BCUT2D eigenvalue weighted by molar-refractivity contribution is 5.99. The van der Waals surface area contributed by atoms with Crippen LogP contribution < -0.4 is 5.32 Å². The zero-order chi connectivity index (χ0) is 17.6. The standard InChI is InChI=1S/C20H28N4O/c1-12-7-8-18-15(9-12)10-21-19-16(11-22-24(18)19)20(25)23-17-6-4-5-13(2)14(17)3/h10-14,17H,4-9H2,1-3H3,(H,23,25)/t12-,13+,14+,17-/m1/s1. The molecule has 0 radical (unpaired) electrons. The van der Waals surface area contributed by atoms with Crippen molar-refractivity contribution >= 4 is 11.6 Å². The van der Waals surface area contributed by atoms with E-state index in [1.807, 2.05) is 10.7 Å². The largest absolute Gasteiger partial charge is 0.349 e. The highest BCUT2D eigenvalue weighted by Crippen LogP contribution is 2.30. The topological polar surface area (TPSA) is 59.3 Å². The molecule has 0 saturated heterocycles. The molecule has 2 aromatic rings. The number of nitrogens with one attached hydrogen (secondary N) is 1. The summed E-state index contributed by atoms with van der Waals surface area (Å²) in [5.74, 6) is 1.84. The highest BCUT2D eigenvalue weighted by atomic mass is 16.1. The molecule has 134 valence electrons. The molecule has 5 heteroatoms. The van der Waals surface area contributed by atoms with Gasteiger partial charge in [0.1, 0.15) is 5.56 Å². The summed E-state index contributed by atoms with van der Waals surface area (Å²) >= 11 is 0. The van der Waals surface area contributed by atoms with Gasteiger partial charge in [-0.05, 0) is 49.0 Å². The Labute approximate surface area is 149 Å². The normalized spacial score (nSPS) is 29.4. The first-order valence-corrected chi connectivity index (χ1v) is 9.70. The molecule has 1 saturated carbocycles. The minimum Gasteiger partial charge on any atom is -0.349 e. The lowest BCUT2D eigenvalue weighted by Gasteiger charge is -2.34. The molecule has 1 fully saturated rings. The van der Waals surface area contributed by atoms with E-state index in [4.69, 9.17) is 0 Å². The smallest absolute Gasteiger partial charge is 0.256 e. The van der Waals surface area contributed by atoms with Crippen LogP contribution in [0.15, 0.2) is 12.4 Å². The fourth-order valence-corrected chi connectivity index (χ4v) is 4.50. The fraction of sp³-hybridized carbons (Fsp3) is 0.650. The lowest BCUT2D eigenvalue weighted by atomic mass is 9.78. The Bertz CT molecular complexity index is 796. The minimum atomic E-state index is -0.0300. The van der Waals surface area contributed by atoms with Crippen molar-refractivity contribution in [2.75, 3.05) is 0 Å². The molecular weight excluding hydrogens is 312 g/mol. The van der Waals surface area contributed by atoms with Gasteiger partial charge in [-0.1, -0.05) is 33.6 Å². The van der Waals surface area contributed by atoms with E-state index in [2.05, 4.69) is 36.2 Å². The molecule has 4 atom stereocenters. The van der Waals surface area contributed by atoms with Crippen LogP contribution >= 0.6 is 0 Å². The molecule has 2 aliphatic carbocycles. The first-order valence-electron chi connectivity index (χ1n) is 9.70. The summed E-state index contributed by atoms with van der Waals surface area (Å²) in [4.78, 5) is 17.4. The van der Waals surface area contributed by atoms with Crippen LogP contribution in [-0.4, -0.2) is 26.5 Å². The molecule has 0 unspecified atom stereocenters. The third kappa shape index (κ3) is 2.94. The van der Waals surface area contributed by atoms with Crippen molar-refractivity contribution in [2.45, 2.75) is 65.3 Å². The van der Waals surface area contributed by atoms with Gasteiger partial charge < -0.3 is 5.32 Å². The maximum absolute atomic E-state index is 12.9. The second kappa shape index (κ2) is 6.43. The third-order valence-corrected chi connectivity index (χ3v) is 6.42. The average molecular weight is 340 g/mol. The molecule has 1 N–H and O–H groups in total. The van der Waals surface area contributed by atoms with Crippen molar-refractivity contribution in [3.63, 3.8) is 0 Å². The molecule has 0 aliphatic heterocycles. The van der Waals surface area contributed by atoms with Gasteiger partial charge in [0, 0.05) is 17.9 Å². The number of aromatic nitrogens is 3. The third-order valence-electron chi connectivity index (χ3n) is 6.42. The minimum absolute atomic E-state index is 0.0300. The summed E-state index contributed by atoms with van der Waals surface area (Å²) in [6.45, 7) is 6.81. The molecule has 0 spiro atoms. The highest BCUT2D eigenvalue weighted by Gasteiger charge is 2.29. The van der Waals surface area contributed by atoms with E-state index < -0.39 is 0 Å². The predicted octanol–water partition coefficient (Wildman–Crippen LogP) is 3.41. The van der Waals surface area contributed by atoms with Crippen molar-refractivity contribution in [1.29, 1.82) is 0 Å². The number of amides is 1. The van der Waals surface area contributed by atoms with Crippen molar-refractivity contribution in [3.8, 4) is 0 Å². The SMILES string of the molecule is C[C@@H]1CCc2c(cnc3c(C(=O)N[C@@H]4CCC[C@H](C)[C@@H]4C)cnn23)C1. The quantitative estimate of drug-likeness (QED) is 0.911. The number of hydrogen-bond donors (Lipinski definition) is 1. The summed E-state index contributed by atoms with van der Waals surface area (Å²) in [6.07, 6.45) is 10.4. The summed E-state index contributed by atoms with van der Waals surface area (Å²) in [5, 5.41) is 7.75. The zero-order valence-corrected chi connectivity index (χ0v) is 15.5. The number of fused-ring (bicyclic) bond motifs is 3. The van der Waals surface area contributed by atoms with Crippen LogP contribution in [0.4, 0.5) is 0 Å². The number of carbonyl (C=O) groups is 1. The maximum Gasteiger partial charge on any atom is 0.256 e. The molecule has 2 aliphatic rings. The predicted molar refractivity (Wildman–Crippen MR) is 97.6 cm³/mol. The van der Waals surface area contributed by atoms with E-state index in [-0.39, 0.29) is 11.9 Å². The van der Waals surface area contributed by atoms with Crippen molar-refractivity contribution in [1.82, 2.24) is 19.9 Å².